The van der Waals surface area contributed by atoms with Crippen molar-refractivity contribution in [3.8, 4) is 11.4 Å². The van der Waals surface area contributed by atoms with Crippen LogP contribution in [0.2, 0.25) is 0 Å². The van der Waals surface area contributed by atoms with Crippen molar-refractivity contribution in [2.75, 3.05) is 26.7 Å². The lowest BCUT2D eigenvalue weighted by Gasteiger charge is -2.47. The number of hydrogen-bond acceptors (Lipinski definition) is 8. The molecule has 0 aliphatic carbocycles. The summed E-state index contributed by atoms with van der Waals surface area (Å²) in [5.74, 6) is 1.12. The number of nitrogens with zero attached hydrogens (tertiary/aromatic N) is 7. The summed E-state index contributed by atoms with van der Waals surface area (Å²) in [6.07, 6.45) is 8.91. The number of carbonyl (C=O) groups is 1. The first-order valence-corrected chi connectivity index (χ1v) is 9.13. The molecule has 0 radical (unpaired) electrons. The van der Waals surface area contributed by atoms with Crippen LogP contribution < -0.4 is 0 Å². The molecular formula is C19H19N7O2. The Kier molecular flexibility index (Phi) is 3.90. The molecule has 1 unspecified atom stereocenters. The highest BCUT2D eigenvalue weighted by molar-refractivity contribution is 5.92. The van der Waals surface area contributed by atoms with Crippen molar-refractivity contribution in [2.24, 2.45) is 5.41 Å². The minimum Gasteiger partial charge on any atom is -0.337 e. The van der Waals surface area contributed by atoms with E-state index in [-0.39, 0.29) is 17.4 Å². The largest absolute Gasteiger partial charge is 0.337 e. The molecule has 2 fully saturated rings. The Morgan fingerprint density at radius 3 is 2.71 bits per heavy atom. The average molecular weight is 377 g/mol. The Labute approximate surface area is 161 Å². The molecule has 2 saturated heterocycles. The number of hydrogen-bond donors (Lipinski definition) is 0. The third-order valence-electron chi connectivity index (χ3n) is 5.53. The van der Waals surface area contributed by atoms with Crippen LogP contribution in [0.15, 0.2) is 47.6 Å². The summed E-state index contributed by atoms with van der Waals surface area (Å²) in [5.41, 5.74) is 1.33. The molecule has 0 aromatic carbocycles. The molecular weight excluding hydrogens is 358 g/mol. The van der Waals surface area contributed by atoms with Crippen molar-refractivity contribution in [3.05, 3.63) is 54.7 Å². The third kappa shape index (κ3) is 2.84. The van der Waals surface area contributed by atoms with E-state index in [0.717, 1.165) is 18.5 Å². The zero-order valence-corrected chi connectivity index (χ0v) is 15.4. The van der Waals surface area contributed by atoms with Gasteiger partial charge in [-0.3, -0.25) is 19.7 Å². The lowest BCUT2D eigenvalue weighted by Crippen LogP contribution is -2.59. The van der Waals surface area contributed by atoms with Crippen molar-refractivity contribution < 1.29 is 9.32 Å². The van der Waals surface area contributed by atoms with Crippen LogP contribution in [-0.2, 0) is 0 Å². The number of carbonyl (C=O) groups excluding carboxylic acids is 1. The van der Waals surface area contributed by atoms with Crippen LogP contribution in [0.4, 0.5) is 0 Å². The quantitative estimate of drug-likeness (QED) is 0.676. The van der Waals surface area contributed by atoms with Gasteiger partial charge in [0, 0.05) is 55.4 Å². The van der Waals surface area contributed by atoms with E-state index in [1.165, 1.54) is 12.4 Å². The molecule has 9 heteroatoms. The van der Waals surface area contributed by atoms with Crippen molar-refractivity contribution in [1.82, 2.24) is 34.9 Å². The standard InChI is InChI=1S/C19H19N7O2/c1-25-10-19(11-26(12-19)18(27)14-9-21-6-7-22-14)8-15(25)17-23-16(24-28-17)13-2-4-20-5-3-13/h2-7,9,15H,8,10-12H2,1H3. The van der Waals surface area contributed by atoms with Crippen LogP contribution in [0.1, 0.15) is 28.8 Å². The van der Waals surface area contributed by atoms with E-state index in [9.17, 15) is 4.79 Å². The number of aromatic nitrogens is 5. The van der Waals surface area contributed by atoms with Crippen LogP contribution in [0.5, 0.6) is 0 Å². The normalized spacial score (nSPS) is 21.0. The van der Waals surface area contributed by atoms with Gasteiger partial charge in [-0.1, -0.05) is 5.16 Å². The maximum atomic E-state index is 12.5. The topological polar surface area (TPSA) is 101 Å². The Balaban J connectivity index is 1.28. The van der Waals surface area contributed by atoms with Gasteiger partial charge < -0.3 is 9.42 Å². The number of amides is 1. The minimum atomic E-state index is -0.0670. The van der Waals surface area contributed by atoms with Crippen LogP contribution in [0.3, 0.4) is 0 Å². The van der Waals surface area contributed by atoms with Crippen LogP contribution >= 0.6 is 0 Å². The van der Waals surface area contributed by atoms with E-state index in [1.54, 1.807) is 18.6 Å². The number of pyridine rings is 1. The van der Waals surface area contributed by atoms with Crippen LogP contribution in [-0.4, -0.2) is 67.5 Å². The first kappa shape index (κ1) is 16.9. The first-order chi connectivity index (χ1) is 13.6. The van der Waals surface area contributed by atoms with E-state index in [0.29, 0.717) is 30.5 Å². The number of likely N-dealkylation sites (tertiary alicyclic amines) is 2. The molecule has 1 atom stereocenters. The van der Waals surface area contributed by atoms with E-state index in [4.69, 9.17) is 4.52 Å². The van der Waals surface area contributed by atoms with Gasteiger partial charge in [0.05, 0.1) is 12.2 Å². The smallest absolute Gasteiger partial charge is 0.274 e. The molecule has 0 saturated carbocycles. The van der Waals surface area contributed by atoms with Gasteiger partial charge in [-0.2, -0.15) is 4.98 Å². The van der Waals surface area contributed by atoms with E-state index >= 15 is 0 Å². The molecule has 28 heavy (non-hydrogen) atoms. The highest BCUT2D eigenvalue weighted by Crippen LogP contribution is 2.47. The van der Waals surface area contributed by atoms with Gasteiger partial charge in [-0.15, -0.1) is 0 Å². The Morgan fingerprint density at radius 2 is 1.96 bits per heavy atom. The SMILES string of the molecule is CN1CC2(CC1c1nc(-c3ccncc3)no1)CN(C(=O)c1cnccn1)C2. The lowest BCUT2D eigenvalue weighted by atomic mass is 9.77. The monoisotopic (exact) mass is 377 g/mol. The predicted molar refractivity (Wildman–Crippen MR) is 97.9 cm³/mol. The fourth-order valence-corrected chi connectivity index (χ4v) is 4.24. The number of rotatable bonds is 3. The Hall–Kier alpha value is -3.20. The summed E-state index contributed by atoms with van der Waals surface area (Å²) in [6, 6.07) is 3.77. The minimum absolute atomic E-state index is 0.0526. The van der Waals surface area contributed by atoms with Crippen molar-refractivity contribution in [2.45, 2.75) is 12.5 Å². The Morgan fingerprint density at radius 1 is 1.14 bits per heavy atom. The second kappa shape index (κ2) is 6.45. The second-order valence-corrected chi connectivity index (χ2v) is 7.58. The average Bonchev–Trinajstić information content (AvgIpc) is 3.32. The fraction of sp³-hybridized carbons (Fsp3) is 0.368. The highest BCUT2D eigenvalue weighted by atomic mass is 16.5. The molecule has 2 aliphatic heterocycles. The molecule has 0 N–H and O–H groups in total. The van der Waals surface area contributed by atoms with Gasteiger partial charge in [-0.05, 0) is 25.6 Å². The fourth-order valence-electron chi connectivity index (χ4n) is 4.24. The van der Waals surface area contributed by atoms with Gasteiger partial charge in [0.2, 0.25) is 11.7 Å². The molecule has 0 bridgehead atoms. The summed E-state index contributed by atoms with van der Waals surface area (Å²) >= 11 is 0. The summed E-state index contributed by atoms with van der Waals surface area (Å²) in [5, 5.41) is 4.12. The highest BCUT2D eigenvalue weighted by Gasteiger charge is 2.53. The van der Waals surface area contributed by atoms with E-state index < -0.39 is 0 Å². The van der Waals surface area contributed by atoms with Gasteiger partial charge >= 0.3 is 0 Å². The predicted octanol–water partition coefficient (Wildman–Crippen LogP) is 1.44. The maximum Gasteiger partial charge on any atom is 0.274 e. The zero-order chi connectivity index (χ0) is 19.1. The molecule has 5 rings (SSSR count). The van der Waals surface area contributed by atoms with Crippen molar-refractivity contribution in [1.29, 1.82) is 0 Å². The lowest BCUT2D eigenvalue weighted by molar-refractivity contribution is 0.0109. The molecule has 1 amide bonds. The molecule has 1 spiro atoms. The van der Waals surface area contributed by atoms with Crippen molar-refractivity contribution in [3.63, 3.8) is 0 Å². The first-order valence-electron chi connectivity index (χ1n) is 9.13. The summed E-state index contributed by atoms with van der Waals surface area (Å²) < 4.78 is 5.56. The zero-order valence-electron chi connectivity index (χ0n) is 15.4. The molecule has 9 nitrogen and oxygen atoms in total. The second-order valence-electron chi connectivity index (χ2n) is 7.58. The molecule has 2 aliphatic rings. The van der Waals surface area contributed by atoms with Gasteiger partial charge in [-0.25, -0.2) is 4.98 Å². The molecule has 3 aromatic rings. The van der Waals surface area contributed by atoms with Gasteiger partial charge in [0.15, 0.2) is 0 Å². The van der Waals surface area contributed by atoms with Gasteiger partial charge in [0.1, 0.15) is 5.69 Å². The van der Waals surface area contributed by atoms with Crippen LogP contribution in [0.25, 0.3) is 11.4 Å². The Bertz CT molecular complexity index is 986. The summed E-state index contributed by atoms with van der Waals surface area (Å²) in [7, 11) is 2.06. The van der Waals surface area contributed by atoms with E-state index in [1.807, 2.05) is 17.0 Å². The summed E-state index contributed by atoms with van der Waals surface area (Å²) in [6.45, 7) is 2.29. The third-order valence-corrected chi connectivity index (χ3v) is 5.53. The molecule has 142 valence electrons. The summed E-state index contributed by atoms with van der Waals surface area (Å²) in [4.78, 5) is 33.3. The van der Waals surface area contributed by atoms with Crippen LogP contribution in [0, 0.1) is 5.41 Å². The van der Waals surface area contributed by atoms with E-state index in [2.05, 4.69) is 37.0 Å². The molecule has 5 heterocycles. The molecule has 3 aromatic heterocycles. The van der Waals surface area contributed by atoms with Gasteiger partial charge in [0.25, 0.3) is 5.91 Å². The van der Waals surface area contributed by atoms with Crippen molar-refractivity contribution >= 4 is 5.91 Å². The maximum absolute atomic E-state index is 12.5.